The molecule has 0 aromatic heterocycles. The van der Waals surface area contributed by atoms with E-state index in [0.717, 1.165) is 4.47 Å². The van der Waals surface area contributed by atoms with Crippen LogP contribution in [0.5, 0.6) is 5.75 Å². The Morgan fingerprint density at radius 2 is 2.11 bits per heavy atom. The van der Waals surface area contributed by atoms with Crippen molar-refractivity contribution in [1.82, 2.24) is 0 Å². The molecule has 0 unspecified atom stereocenters. The van der Waals surface area contributed by atoms with Gasteiger partial charge in [-0.2, -0.15) is 0 Å². The van der Waals surface area contributed by atoms with Crippen molar-refractivity contribution in [2.45, 2.75) is 0 Å². The molecule has 1 aromatic carbocycles. The maximum Gasteiger partial charge on any atom is 0.137 e. The van der Waals surface area contributed by atoms with Crippen LogP contribution in [0.25, 0.3) is 0 Å². The van der Waals surface area contributed by atoms with Crippen molar-refractivity contribution >= 4 is 31.9 Å². The summed E-state index contributed by atoms with van der Waals surface area (Å²) >= 11 is 6.36. The summed E-state index contributed by atoms with van der Waals surface area (Å²) in [5.74, 6) is 0.137. The Morgan fingerprint density at radius 1 is 1.44 bits per heavy atom. The maximum atomic E-state index is 8.92. The first-order chi connectivity index (χ1) is 4.20. The van der Waals surface area contributed by atoms with Gasteiger partial charge in [-0.05, 0) is 28.1 Å². The molecule has 1 N–H and O–H groups in total. The lowest BCUT2D eigenvalue weighted by molar-refractivity contribution is 0.470. The fraction of sp³-hybridized carbons (Fsp3) is 0. The minimum atomic E-state index is 0.137. The van der Waals surface area contributed by atoms with Crippen LogP contribution < -0.4 is 0 Å². The van der Waals surface area contributed by atoms with E-state index in [-0.39, 0.29) is 5.75 Å². The number of hydrogen-bond acceptors (Lipinski definition) is 1. The third kappa shape index (κ3) is 1.69. The average molecular weight is 251 g/mol. The van der Waals surface area contributed by atoms with E-state index in [9.17, 15) is 0 Å². The molecule has 0 aliphatic carbocycles. The molecule has 0 fully saturated rings. The van der Waals surface area contributed by atoms with Gasteiger partial charge in [0, 0.05) is 10.5 Å². The van der Waals surface area contributed by atoms with Gasteiger partial charge in [0.1, 0.15) is 5.75 Å². The summed E-state index contributed by atoms with van der Waals surface area (Å²) < 4.78 is 1.55. The number of halogens is 2. The minimum absolute atomic E-state index is 0.137. The number of phenols is 1. The third-order valence-corrected chi connectivity index (χ3v) is 1.90. The fourth-order valence-corrected chi connectivity index (χ4v) is 1.45. The van der Waals surface area contributed by atoms with Crippen LogP contribution in [-0.2, 0) is 0 Å². The Bertz CT molecular complexity index is 222. The van der Waals surface area contributed by atoms with Gasteiger partial charge >= 0.3 is 0 Å². The third-order valence-electron chi connectivity index (χ3n) is 0.838. The highest BCUT2D eigenvalue weighted by Gasteiger charge is 1.95. The number of rotatable bonds is 0. The predicted octanol–water partition coefficient (Wildman–Crippen LogP) is 2.72. The summed E-state index contributed by atoms with van der Waals surface area (Å²) in [6.45, 7) is 0. The minimum Gasteiger partial charge on any atom is -0.506 e. The Kier molecular flexibility index (Phi) is 2.13. The van der Waals surface area contributed by atoms with Gasteiger partial charge in [0.25, 0.3) is 0 Å². The number of aromatic hydroxyl groups is 1. The van der Waals surface area contributed by atoms with E-state index in [0.29, 0.717) is 4.47 Å². The predicted molar refractivity (Wildman–Crippen MR) is 42.3 cm³/mol. The Labute approximate surface area is 70.0 Å². The molecule has 0 aliphatic rings. The second-order valence-electron chi connectivity index (χ2n) is 1.51. The van der Waals surface area contributed by atoms with Crippen LogP contribution in [-0.4, -0.2) is 5.11 Å². The summed E-state index contributed by atoms with van der Waals surface area (Å²) in [6, 6.07) is 6.04. The van der Waals surface area contributed by atoms with Crippen molar-refractivity contribution in [3.63, 3.8) is 0 Å². The molecule has 1 radical (unpaired) electrons. The van der Waals surface area contributed by atoms with E-state index < -0.39 is 0 Å². The molecule has 47 valence electrons. The Hall–Kier alpha value is -0.0200. The molecular weight excluding hydrogens is 248 g/mol. The standard InChI is InChI=1S/C6H3Br2O/c7-4-1-2-6(9)5(8)3-4/h1,3,9H. The highest BCUT2D eigenvalue weighted by atomic mass is 79.9. The summed E-state index contributed by atoms with van der Waals surface area (Å²) in [6.07, 6.45) is 0. The van der Waals surface area contributed by atoms with Crippen molar-refractivity contribution in [3.05, 3.63) is 27.1 Å². The first-order valence-corrected chi connectivity index (χ1v) is 3.84. The number of phenolic OH excluding ortho intramolecular Hbond substituents is 1. The molecule has 9 heavy (non-hydrogen) atoms. The van der Waals surface area contributed by atoms with Crippen LogP contribution in [0.4, 0.5) is 0 Å². The van der Waals surface area contributed by atoms with Gasteiger partial charge in [-0.3, -0.25) is 0 Å². The van der Waals surface area contributed by atoms with Gasteiger partial charge in [-0.1, -0.05) is 15.9 Å². The molecule has 0 spiro atoms. The molecule has 0 atom stereocenters. The SMILES string of the molecule is Oc1[c]cc(Br)cc1Br. The van der Waals surface area contributed by atoms with Crippen molar-refractivity contribution in [2.24, 2.45) is 0 Å². The van der Waals surface area contributed by atoms with Crippen LogP contribution in [0.15, 0.2) is 21.1 Å². The summed E-state index contributed by atoms with van der Waals surface area (Å²) in [5.41, 5.74) is 0. The highest BCUT2D eigenvalue weighted by molar-refractivity contribution is 9.11. The van der Waals surface area contributed by atoms with Crippen molar-refractivity contribution in [1.29, 1.82) is 0 Å². The molecule has 0 saturated carbocycles. The van der Waals surface area contributed by atoms with Gasteiger partial charge in [0.15, 0.2) is 0 Å². The monoisotopic (exact) mass is 249 g/mol. The van der Waals surface area contributed by atoms with Gasteiger partial charge < -0.3 is 5.11 Å². The van der Waals surface area contributed by atoms with Gasteiger partial charge in [0.2, 0.25) is 0 Å². The van der Waals surface area contributed by atoms with E-state index in [4.69, 9.17) is 5.11 Å². The first-order valence-electron chi connectivity index (χ1n) is 2.26. The lowest BCUT2D eigenvalue weighted by atomic mass is 10.3. The zero-order valence-electron chi connectivity index (χ0n) is 4.36. The van der Waals surface area contributed by atoms with Gasteiger partial charge in [-0.15, -0.1) is 0 Å². The molecule has 1 aromatic rings. The summed E-state index contributed by atoms with van der Waals surface area (Å²) in [4.78, 5) is 0. The smallest absolute Gasteiger partial charge is 0.137 e. The molecule has 0 aliphatic heterocycles. The largest absolute Gasteiger partial charge is 0.506 e. The van der Waals surface area contributed by atoms with E-state index in [1.807, 2.05) is 0 Å². The maximum absolute atomic E-state index is 8.92. The molecule has 0 heterocycles. The van der Waals surface area contributed by atoms with Crippen LogP contribution >= 0.6 is 31.9 Å². The van der Waals surface area contributed by atoms with Crippen LogP contribution in [0.1, 0.15) is 0 Å². The molecular formula is C6H3Br2O. The molecule has 0 saturated heterocycles. The average Bonchev–Trinajstić information content (AvgIpc) is 1.80. The van der Waals surface area contributed by atoms with E-state index in [1.54, 1.807) is 12.1 Å². The quantitative estimate of drug-likeness (QED) is 0.751. The molecule has 3 heteroatoms. The van der Waals surface area contributed by atoms with Crippen LogP contribution in [0.3, 0.4) is 0 Å². The second-order valence-corrected chi connectivity index (χ2v) is 3.28. The lowest BCUT2D eigenvalue weighted by Gasteiger charge is -1.93. The normalized spacial score (nSPS) is 9.56. The van der Waals surface area contributed by atoms with E-state index in [2.05, 4.69) is 37.9 Å². The lowest BCUT2D eigenvalue weighted by Crippen LogP contribution is -1.68. The summed E-state index contributed by atoms with van der Waals surface area (Å²) in [7, 11) is 0. The van der Waals surface area contributed by atoms with Crippen LogP contribution in [0.2, 0.25) is 0 Å². The molecule has 0 amide bonds. The fourth-order valence-electron chi connectivity index (χ4n) is 0.437. The second kappa shape index (κ2) is 2.71. The Morgan fingerprint density at radius 3 is 2.56 bits per heavy atom. The zero-order chi connectivity index (χ0) is 6.85. The van der Waals surface area contributed by atoms with Crippen LogP contribution in [0, 0.1) is 6.07 Å². The number of hydrogen-bond donors (Lipinski definition) is 1. The highest BCUT2D eigenvalue weighted by Crippen LogP contribution is 2.25. The Balaban J connectivity index is 3.17. The van der Waals surface area contributed by atoms with E-state index in [1.165, 1.54) is 0 Å². The number of benzene rings is 1. The molecule has 1 nitrogen and oxygen atoms in total. The molecule has 1 rings (SSSR count). The van der Waals surface area contributed by atoms with Crippen molar-refractivity contribution in [3.8, 4) is 5.75 Å². The zero-order valence-corrected chi connectivity index (χ0v) is 7.53. The van der Waals surface area contributed by atoms with Crippen molar-refractivity contribution in [2.75, 3.05) is 0 Å². The summed E-state index contributed by atoms with van der Waals surface area (Å²) in [5, 5.41) is 8.92. The topological polar surface area (TPSA) is 20.2 Å². The van der Waals surface area contributed by atoms with Gasteiger partial charge in [0.05, 0.1) is 4.47 Å². The first kappa shape index (κ1) is 7.09. The van der Waals surface area contributed by atoms with E-state index >= 15 is 0 Å². The molecule has 0 bridgehead atoms. The van der Waals surface area contributed by atoms with Gasteiger partial charge in [-0.25, -0.2) is 0 Å². The van der Waals surface area contributed by atoms with Crippen molar-refractivity contribution < 1.29 is 5.11 Å².